The maximum Gasteiger partial charge on any atom is 0.289 e. The molecule has 88 valence electrons. The van der Waals surface area contributed by atoms with Crippen LogP contribution in [0, 0.1) is 5.41 Å². The molecule has 4 heteroatoms. The topological polar surface area (TPSA) is 33.5 Å². The molecule has 0 atom stereocenters. The van der Waals surface area contributed by atoms with E-state index in [9.17, 15) is 4.79 Å². The van der Waals surface area contributed by atoms with Crippen LogP contribution in [0.4, 0.5) is 0 Å². The van der Waals surface area contributed by atoms with Crippen LogP contribution in [-0.2, 0) is 0 Å². The zero-order valence-electron chi connectivity index (χ0n) is 9.62. The Morgan fingerprint density at radius 1 is 1.38 bits per heavy atom. The second-order valence-corrected chi connectivity index (χ2v) is 5.84. The van der Waals surface area contributed by atoms with Crippen molar-refractivity contribution in [3.05, 3.63) is 22.6 Å². The van der Waals surface area contributed by atoms with Gasteiger partial charge < -0.3 is 9.32 Å². The average Bonchev–Trinajstić information content (AvgIpc) is 2.64. The first kappa shape index (κ1) is 11.7. The second kappa shape index (κ2) is 4.24. The van der Waals surface area contributed by atoms with Gasteiger partial charge in [0.2, 0.25) is 0 Å². The van der Waals surface area contributed by atoms with Crippen molar-refractivity contribution < 1.29 is 9.21 Å². The summed E-state index contributed by atoms with van der Waals surface area (Å²) in [4.78, 5) is 13.9. The summed E-state index contributed by atoms with van der Waals surface area (Å²) in [5.74, 6) is 0.424. The van der Waals surface area contributed by atoms with Crippen molar-refractivity contribution >= 4 is 21.8 Å². The van der Waals surface area contributed by atoms with Gasteiger partial charge in [0.15, 0.2) is 10.4 Å². The summed E-state index contributed by atoms with van der Waals surface area (Å²) < 4.78 is 5.88. The van der Waals surface area contributed by atoms with Gasteiger partial charge in [0.05, 0.1) is 0 Å². The number of hydrogen-bond acceptors (Lipinski definition) is 2. The molecule has 3 nitrogen and oxygen atoms in total. The van der Waals surface area contributed by atoms with Crippen LogP contribution in [0.3, 0.4) is 0 Å². The fraction of sp³-hybridized carbons (Fsp3) is 0.583. The molecular weight excluding hydrogens is 270 g/mol. The third-order valence-corrected chi connectivity index (χ3v) is 3.61. The van der Waals surface area contributed by atoms with E-state index in [1.54, 1.807) is 12.1 Å². The van der Waals surface area contributed by atoms with Crippen LogP contribution >= 0.6 is 15.9 Å². The summed E-state index contributed by atoms with van der Waals surface area (Å²) in [7, 11) is 0. The molecule has 1 saturated heterocycles. The third kappa shape index (κ3) is 2.48. The van der Waals surface area contributed by atoms with Crippen LogP contribution in [0.1, 0.15) is 37.2 Å². The number of furan rings is 1. The van der Waals surface area contributed by atoms with E-state index in [1.807, 2.05) is 4.90 Å². The van der Waals surface area contributed by atoms with Gasteiger partial charge in [0.25, 0.3) is 5.91 Å². The highest BCUT2D eigenvalue weighted by molar-refractivity contribution is 9.10. The van der Waals surface area contributed by atoms with E-state index < -0.39 is 0 Å². The van der Waals surface area contributed by atoms with Gasteiger partial charge in [0.1, 0.15) is 0 Å². The van der Waals surface area contributed by atoms with Gasteiger partial charge in [-0.3, -0.25) is 4.79 Å². The molecule has 1 aromatic rings. The number of carbonyl (C=O) groups excluding carboxylic acids is 1. The Hall–Kier alpha value is -0.770. The quantitative estimate of drug-likeness (QED) is 0.793. The fourth-order valence-electron chi connectivity index (χ4n) is 1.90. The first-order valence-electron chi connectivity index (χ1n) is 5.53. The van der Waals surface area contributed by atoms with Crippen molar-refractivity contribution in [2.75, 3.05) is 13.1 Å². The van der Waals surface area contributed by atoms with E-state index >= 15 is 0 Å². The molecule has 0 bridgehead atoms. The van der Waals surface area contributed by atoms with E-state index in [1.165, 1.54) is 0 Å². The van der Waals surface area contributed by atoms with Gasteiger partial charge >= 0.3 is 0 Å². The maximum atomic E-state index is 12.0. The summed E-state index contributed by atoms with van der Waals surface area (Å²) in [5.41, 5.74) is 0.362. The second-order valence-electron chi connectivity index (χ2n) is 5.06. The van der Waals surface area contributed by atoms with E-state index in [2.05, 4.69) is 29.8 Å². The molecule has 0 saturated carbocycles. The molecular formula is C12H16BrNO2. The zero-order valence-corrected chi connectivity index (χ0v) is 11.2. The van der Waals surface area contributed by atoms with Crippen LogP contribution in [0.15, 0.2) is 21.2 Å². The highest BCUT2D eigenvalue weighted by Crippen LogP contribution is 2.30. The minimum atomic E-state index is 0.00111. The van der Waals surface area contributed by atoms with E-state index in [4.69, 9.17) is 4.42 Å². The highest BCUT2D eigenvalue weighted by atomic mass is 79.9. The SMILES string of the molecule is CC1(C)CCN(C(=O)c2ccc(Br)o2)CC1. The molecule has 1 aliphatic heterocycles. The van der Waals surface area contributed by atoms with Crippen molar-refractivity contribution in [2.24, 2.45) is 5.41 Å². The van der Waals surface area contributed by atoms with Gasteiger partial charge in [-0.25, -0.2) is 0 Å². The number of likely N-dealkylation sites (tertiary alicyclic amines) is 1. The van der Waals surface area contributed by atoms with Crippen molar-refractivity contribution in [3.8, 4) is 0 Å². The Morgan fingerprint density at radius 3 is 2.50 bits per heavy atom. The maximum absolute atomic E-state index is 12.0. The highest BCUT2D eigenvalue weighted by Gasteiger charge is 2.29. The first-order chi connectivity index (χ1) is 7.48. The monoisotopic (exact) mass is 285 g/mol. The Labute approximate surface area is 104 Å². The summed E-state index contributed by atoms with van der Waals surface area (Å²) in [6.07, 6.45) is 2.11. The van der Waals surface area contributed by atoms with Crippen molar-refractivity contribution in [2.45, 2.75) is 26.7 Å². The van der Waals surface area contributed by atoms with Gasteiger partial charge in [-0.1, -0.05) is 13.8 Å². The van der Waals surface area contributed by atoms with E-state index in [0.29, 0.717) is 15.8 Å². The molecule has 2 heterocycles. The number of carbonyl (C=O) groups is 1. The molecule has 16 heavy (non-hydrogen) atoms. The first-order valence-corrected chi connectivity index (χ1v) is 6.32. The summed E-state index contributed by atoms with van der Waals surface area (Å²) >= 11 is 3.21. The van der Waals surface area contributed by atoms with E-state index in [0.717, 1.165) is 25.9 Å². The lowest BCUT2D eigenvalue weighted by molar-refractivity contribution is 0.0598. The zero-order chi connectivity index (χ0) is 11.8. The number of amides is 1. The van der Waals surface area contributed by atoms with Crippen molar-refractivity contribution in [1.82, 2.24) is 4.90 Å². The van der Waals surface area contributed by atoms with Crippen LogP contribution in [0.2, 0.25) is 0 Å². The summed E-state index contributed by atoms with van der Waals surface area (Å²) in [6.45, 7) is 6.14. The number of hydrogen-bond donors (Lipinski definition) is 0. The number of rotatable bonds is 1. The predicted octanol–water partition coefficient (Wildman–Crippen LogP) is 3.30. The van der Waals surface area contributed by atoms with Crippen LogP contribution in [0.25, 0.3) is 0 Å². The number of halogens is 1. The standard InChI is InChI=1S/C12H16BrNO2/c1-12(2)5-7-14(8-6-12)11(15)9-3-4-10(13)16-9/h3-4H,5-8H2,1-2H3. The fourth-order valence-corrected chi connectivity index (χ4v) is 2.21. The number of nitrogens with zero attached hydrogens (tertiary/aromatic N) is 1. The molecule has 0 aromatic carbocycles. The molecule has 2 rings (SSSR count). The lowest BCUT2D eigenvalue weighted by Gasteiger charge is -2.36. The summed E-state index contributed by atoms with van der Waals surface area (Å²) in [6, 6.07) is 3.47. The van der Waals surface area contributed by atoms with Crippen LogP contribution in [0.5, 0.6) is 0 Å². The lowest BCUT2D eigenvalue weighted by atomic mass is 9.82. The van der Waals surface area contributed by atoms with Gasteiger partial charge in [-0.2, -0.15) is 0 Å². The Kier molecular flexibility index (Phi) is 3.10. The summed E-state index contributed by atoms with van der Waals surface area (Å²) in [5, 5.41) is 0. The average molecular weight is 286 g/mol. The third-order valence-electron chi connectivity index (χ3n) is 3.19. The minimum absolute atomic E-state index is 0.00111. The number of piperidine rings is 1. The molecule has 0 N–H and O–H groups in total. The molecule has 0 aliphatic carbocycles. The van der Waals surface area contributed by atoms with Gasteiger partial charge in [0, 0.05) is 13.1 Å². The Balaban J connectivity index is 2.02. The molecule has 1 amide bonds. The lowest BCUT2D eigenvalue weighted by Crippen LogP contribution is -2.41. The molecule has 0 radical (unpaired) electrons. The Bertz CT molecular complexity index is 387. The van der Waals surface area contributed by atoms with Crippen molar-refractivity contribution in [3.63, 3.8) is 0 Å². The Morgan fingerprint density at radius 2 is 2.00 bits per heavy atom. The van der Waals surface area contributed by atoms with E-state index in [-0.39, 0.29) is 5.91 Å². The minimum Gasteiger partial charge on any atom is -0.444 e. The molecule has 0 spiro atoms. The van der Waals surface area contributed by atoms with Crippen molar-refractivity contribution in [1.29, 1.82) is 0 Å². The largest absolute Gasteiger partial charge is 0.444 e. The van der Waals surface area contributed by atoms with Gasteiger partial charge in [-0.15, -0.1) is 0 Å². The van der Waals surface area contributed by atoms with Crippen LogP contribution < -0.4 is 0 Å². The van der Waals surface area contributed by atoms with Gasteiger partial charge in [-0.05, 0) is 46.3 Å². The molecule has 0 unspecified atom stereocenters. The molecule has 1 aliphatic rings. The normalized spacial score (nSPS) is 19.8. The smallest absolute Gasteiger partial charge is 0.289 e. The molecule has 1 aromatic heterocycles. The molecule has 1 fully saturated rings. The van der Waals surface area contributed by atoms with Crippen LogP contribution in [-0.4, -0.2) is 23.9 Å². The predicted molar refractivity (Wildman–Crippen MR) is 65.3 cm³/mol.